The minimum Gasteiger partial charge on any atom is -0.278 e. The Hall–Kier alpha value is -2.08. The Kier molecular flexibility index (Phi) is 3.02. The number of benzene rings is 1. The van der Waals surface area contributed by atoms with Crippen molar-refractivity contribution in [2.24, 2.45) is 0 Å². The van der Waals surface area contributed by atoms with Gasteiger partial charge in [-0.2, -0.15) is 5.10 Å². The highest BCUT2D eigenvalue weighted by molar-refractivity contribution is 5.62. The van der Waals surface area contributed by atoms with Crippen LogP contribution in [-0.4, -0.2) is 10.2 Å². The molecule has 0 unspecified atom stereocenters. The first kappa shape index (κ1) is 10.4. The quantitative estimate of drug-likeness (QED) is 0.782. The van der Waals surface area contributed by atoms with E-state index in [0.717, 1.165) is 23.2 Å². The first-order valence-electron chi connectivity index (χ1n) is 5.03. The summed E-state index contributed by atoms with van der Waals surface area (Å²) in [6.07, 6.45) is 8.44. The smallest absolute Gasteiger partial charge is 0.123 e. The normalized spacial score (nSPS) is 10.0. The standard InChI is InChI=1S/C13H11FN2/c1-2-3-4-11-9-15-16-13(11)10-5-7-12(14)8-6-10/h1,5-9H,3-4H2,(H,15,16). The number of terminal acetylenes is 1. The van der Waals surface area contributed by atoms with Gasteiger partial charge in [-0.15, -0.1) is 12.3 Å². The van der Waals surface area contributed by atoms with Crippen LogP contribution in [0.5, 0.6) is 0 Å². The average molecular weight is 214 g/mol. The number of nitrogens with zero attached hydrogens (tertiary/aromatic N) is 1. The number of aryl methyl sites for hydroxylation is 1. The third-order valence-corrected chi connectivity index (χ3v) is 2.39. The molecule has 2 nitrogen and oxygen atoms in total. The molecule has 80 valence electrons. The molecule has 3 heteroatoms. The SMILES string of the molecule is C#CCCc1cn[nH]c1-c1ccc(F)cc1. The Balaban J connectivity index is 2.30. The van der Waals surface area contributed by atoms with Gasteiger partial charge in [0.05, 0.1) is 11.9 Å². The molecular weight excluding hydrogens is 203 g/mol. The van der Waals surface area contributed by atoms with Crippen molar-refractivity contribution in [2.45, 2.75) is 12.8 Å². The molecule has 0 bridgehead atoms. The van der Waals surface area contributed by atoms with E-state index in [4.69, 9.17) is 6.42 Å². The van der Waals surface area contributed by atoms with Crippen LogP contribution in [0.15, 0.2) is 30.5 Å². The molecule has 0 saturated heterocycles. The van der Waals surface area contributed by atoms with Crippen LogP contribution in [-0.2, 0) is 6.42 Å². The van der Waals surface area contributed by atoms with Gasteiger partial charge in [-0.3, -0.25) is 5.10 Å². The van der Waals surface area contributed by atoms with Gasteiger partial charge in [0.1, 0.15) is 5.82 Å². The molecule has 0 aliphatic rings. The van der Waals surface area contributed by atoms with Crippen molar-refractivity contribution in [3.05, 3.63) is 41.8 Å². The molecule has 1 aromatic heterocycles. The van der Waals surface area contributed by atoms with Gasteiger partial charge in [0.2, 0.25) is 0 Å². The summed E-state index contributed by atoms with van der Waals surface area (Å²) in [6.45, 7) is 0. The Labute approximate surface area is 93.5 Å². The number of H-pyrrole nitrogens is 1. The lowest BCUT2D eigenvalue weighted by Crippen LogP contribution is -1.87. The van der Waals surface area contributed by atoms with Crippen LogP contribution >= 0.6 is 0 Å². The molecule has 2 aromatic rings. The summed E-state index contributed by atoms with van der Waals surface area (Å²) in [5.74, 6) is 2.35. The Morgan fingerprint density at radius 1 is 1.31 bits per heavy atom. The van der Waals surface area contributed by atoms with E-state index in [1.807, 2.05) is 0 Å². The molecule has 1 aromatic carbocycles. The van der Waals surface area contributed by atoms with Crippen molar-refractivity contribution in [2.75, 3.05) is 0 Å². The lowest BCUT2D eigenvalue weighted by molar-refractivity contribution is 0.628. The van der Waals surface area contributed by atoms with Crippen molar-refractivity contribution >= 4 is 0 Å². The lowest BCUT2D eigenvalue weighted by Gasteiger charge is -2.01. The van der Waals surface area contributed by atoms with Crippen LogP contribution in [0.1, 0.15) is 12.0 Å². The topological polar surface area (TPSA) is 28.7 Å². The zero-order valence-electron chi connectivity index (χ0n) is 8.70. The average Bonchev–Trinajstić information content (AvgIpc) is 2.75. The van der Waals surface area contributed by atoms with Gasteiger partial charge in [0, 0.05) is 12.0 Å². The van der Waals surface area contributed by atoms with Crippen LogP contribution < -0.4 is 0 Å². The molecule has 1 heterocycles. The monoisotopic (exact) mass is 214 g/mol. The van der Waals surface area contributed by atoms with Crippen molar-refractivity contribution in [1.29, 1.82) is 0 Å². The Morgan fingerprint density at radius 3 is 2.75 bits per heavy atom. The van der Waals surface area contributed by atoms with Crippen molar-refractivity contribution < 1.29 is 4.39 Å². The number of hydrogen-bond acceptors (Lipinski definition) is 1. The van der Waals surface area contributed by atoms with Crippen LogP contribution in [0.2, 0.25) is 0 Å². The van der Waals surface area contributed by atoms with Crippen molar-refractivity contribution in [1.82, 2.24) is 10.2 Å². The minimum atomic E-state index is -0.242. The Morgan fingerprint density at radius 2 is 2.06 bits per heavy atom. The van der Waals surface area contributed by atoms with Gasteiger partial charge < -0.3 is 0 Å². The summed E-state index contributed by atoms with van der Waals surface area (Å²) >= 11 is 0. The fraction of sp³-hybridized carbons (Fsp3) is 0.154. The van der Waals surface area contributed by atoms with Gasteiger partial charge in [0.15, 0.2) is 0 Å². The number of aromatic amines is 1. The van der Waals surface area contributed by atoms with Crippen LogP contribution in [0.4, 0.5) is 4.39 Å². The van der Waals surface area contributed by atoms with E-state index in [2.05, 4.69) is 16.1 Å². The number of nitrogens with one attached hydrogen (secondary N) is 1. The van der Waals surface area contributed by atoms with E-state index in [0.29, 0.717) is 6.42 Å². The molecular formula is C13H11FN2. The second-order valence-corrected chi connectivity index (χ2v) is 3.48. The predicted molar refractivity (Wildman–Crippen MR) is 61.1 cm³/mol. The van der Waals surface area contributed by atoms with Crippen LogP contribution in [0.25, 0.3) is 11.3 Å². The predicted octanol–water partition coefficient (Wildman–Crippen LogP) is 2.78. The zero-order chi connectivity index (χ0) is 11.4. The largest absolute Gasteiger partial charge is 0.278 e. The number of aromatic nitrogens is 2. The Bertz CT molecular complexity index is 505. The van der Waals surface area contributed by atoms with E-state index in [1.165, 1.54) is 12.1 Å². The van der Waals surface area contributed by atoms with Crippen LogP contribution in [0.3, 0.4) is 0 Å². The molecule has 0 spiro atoms. The molecule has 0 fully saturated rings. The first-order valence-corrected chi connectivity index (χ1v) is 5.03. The van der Waals surface area contributed by atoms with E-state index >= 15 is 0 Å². The molecule has 0 aliphatic carbocycles. The van der Waals surface area contributed by atoms with E-state index in [1.54, 1.807) is 18.3 Å². The maximum Gasteiger partial charge on any atom is 0.123 e. The zero-order valence-corrected chi connectivity index (χ0v) is 8.70. The minimum absolute atomic E-state index is 0.242. The number of halogens is 1. The first-order chi connectivity index (χ1) is 7.81. The van der Waals surface area contributed by atoms with E-state index in [9.17, 15) is 4.39 Å². The molecule has 2 rings (SSSR count). The molecule has 0 atom stereocenters. The molecule has 0 saturated carbocycles. The maximum absolute atomic E-state index is 12.8. The van der Waals surface area contributed by atoms with Gasteiger partial charge in [-0.25, -0.2) is 4.39 Å². The van der Waals surface area contributed by atoms with Gasteiger partial charge in [0.25, 0.3) is 0 Å². The summed E-state index contributed by atoms with van der Waals surface area (Å²) < 4.78 is 12.8. The third-order valence-electron chi connectivity index (χ3n) is 2.39. The van der Waals surface area contributed by atoms with Crippen molar-refractivity contribution in [3.63, 3.8) is 0 Å². The van der Waals surface area contributed by atoms with Gasteiger partial charge >= 0.3 is 0 Å². The summed E-state index contributed by atoms with van der Waals surface area (Å²) in [4.78, 5) is 0. The molecule has 0 radical (unpaired) electrons. The summed E-state index contributed by atoms with van der Waals surface area (Å²) in [5, 5.41) is 6.90. The van der Waals surface area contributed by atoms with E-state index in [-0.39, 0.29) is 5.82 Å². The molecule has 0 amide bonds. The molecule has 16 heavy (non-hydrogen) atoms. The fourth-order valence-corrected chi connectivity index (χ4v) is 1.57. The maximum atomic E-state index is 12.8. The molecule has 0 aliphatic heterocycles. The fourth-order valence-electron chi connectivity index (χ4n) is 1.57. The summed E-state index contributed by atoms with van der Waals surface area (Å²) in [6, 6.07) is 6.31. The summed E-state index contributed by atoms with van der Waals surface area (Å²) in [5.41, 5.74) is 2.89. The highest BCUT2D eigenvalue weighted by Gasteiger charge is 2.06. The van der Waals surface area contributed by atoms with Crippen LogP contribution in [0, 0.1) is 18.2 Å². The van der Waals surface area contributed by atoms with E-state index < -0.39 is 0 Å². The van der Waals surface area contributed by atoms with Gasteiger partial charge in [-0.05, 0) is 36.2 Å². The number of rotatable bonds is 3. The summed E-state index contributed by atoms with van der Waals surface area (Å²) in [7, 11) is 0. The molecule has 1 N–H and O–H groups in total. The van der Waals surface area contributed by atoms with Gasteiger partial charge in [-0.1, -0.05) is 0 Å². The third kappa shape index (κ3) is 2.12. The second-order valence-electron chi connectivity index (χ2n) is 3.48. The lowest BCUT2D eigenvalue weighted by atomic mass is 10.1. The number of hydrogen-bond donors (Lipinski definition) is 1. The van der Waals surface area contributed by atoms with Crippen molar-refractivity contribution in [3.8, 4) is 23.6 Å². The highest BCUT2D eigenvalue weighted by atomic mass is 19.1. The second kappa shape index (κ2) is 4.63. The highest BCUT2D eigenvalue weighted by Crippen LogP contribution is 2.22.